The molecule has 9 nitrogen and oxygen atoms in total. The highest BCUT2D eigenvalue weighted by molar-refractivity contribution is 6.24. The molecule has 0 aliphatic carbocycles. The summed E-state index contributed by atoms with van der Waals surface area (Å²) in [4.78, 5) is 46.3. The van der Waals surface area contributed by atoms with Crippen LogP contribution in [0.15, 0.2) is 29.3 Å². The molecule has 1 fully saturated rings. The van der Waals surface area contributed by atoms with Gasteiger partial charge in [0.2, 0.25) is 11.9 Å². The van der Waals surface area contributed by atoms with E-state index < -0.39 is 11.5 Å². The van der Waals surface area contributed by atoms with Gasteiger partial charge in [-0.2, -0.15) is 0 Å². The zero-order valence-electron chi connectivity index (χ0n) is 17.9. The van der Waals surface area contributed by atoms with Crippen LogP contribution in [0.1, 0.15) is 20.8 Å². The number of anilines is 1. The molecule has 3 aliphatic heterocycles. The van der Waals surface area contributed by atoms with Crippen LogP contribution < -0.4 is 9.64 Å². The summed E-state index contributed by atoms with van der Waals surface area (Å²) in [6.07, 6.45) is 0. The fourth-order valence-electron chi connectivity index (χ4n) is 3.69. The van der Waals surface area contributed by atoms with E-state index in [1.165, 1.54) is 11.9 Å². The van der Waals surface area contributed by atoms with Crippen LogP contribution in [0.4, 0.5) is 10.5 Å². The van der Waals surface area contributed by atoms with Crippen molar-refractivity contribution in [2.24, 2.45) is 10.4 Å². The highest BCUT2D eigenvalue weighted by Crippen LogP contribution is 2.28. The number of urea groups is 1. The fraction of sp³-hybridized carbons (Fsp3) is 0.476. The van der Waals surface area contributed by atoms with Crippen LogP contribution in [0.3, 0.4) is 0 Å². The van der Waals surface area contributed by atoms with Gasteiger partial charge >= 0.3 is 12.0 Å². The second kappa shape index (κ2) is 6.93. The zero-order valence-corrected chi connectivity index (χ0v) is 17.9. The first kappa shape index (κ1) is 20.1. The van der Waals surface area contributed by atoms with Gasteiger partial charge in [0.25, 0.3) is 5.91 Å². The van der Waals surface area contributed by atoms with Gasteiger partial charge in [-0.1, -0.05) is 31.8 Å². The predicted octanol–water partition coefficient (Wildman–Crippen LogP) is 1.17. The first-order valence-electron chi connectivity index (χ1n) is 9.90. The lowest BCUT2D eigenvalue weighted by Gasteiger charge is -2.31. The number of aliphatic imine (C=N–C) groups is 1. The number of hydrogen-bond donors (Lipinski definition) is 0. The Morgan fingerprint density at radius 2 is 1.97 bits per heavy atom. The van der Waals surface area contributed by atoms with E-state index in [0.29, 0.717) is 30.6 Å². The Morgan fingerprint density at radius 1 is 1.23 bits per heavy atom. The van der Waals surface area contributed by atoms with Gasteiger partial charge in [0.1, 0.15) is 24.6 Å². The third kappa shape index (κ3) is 3.14. The van der Waals surface area contributed by atoms with E-state index in [0.717, 1.165) is 10.6 Å². The van der Waals surface area contributed by atoms with Gasteiger partial charge < -0.3 is 4.74 Å². The molecule has 1 aromatic rings. The number of likely N-dealkylation sites (N-methyl/N-ethyl adjacent to an activating group) is 2. The van der Waals surface area contributed by atoms with Crippen LogP contribution in [-0.2, 0) is 9.59 Å². The SMILES string of the molecule is CN1C(=O)C2C(=NC3=[N+]2CCN3c2cccc(OCC(=O)C(C)(C)C)c2)N(C)C1=O. The number of nitrogens with zero attached hydrogens (tertiary/aromatic N) is 5. The monoisotopic (exact) mass is 412 g/mol. The summed E-state index contributed by atoms with van der Waals surface area (Å²) in [5, 5.41) is 0. The van der Waals surface area contributed by atoms with E-state index in [-0.39, 0.29) is 24.3 Å². The summed E-state index contributed by atoms with van der Waals surface area (Å²) in [5.74, 6) is 1.44. The lowest BCUT2D eigenvalue weighted by molar-refractivity contribution is -0.525. The molecule has 0 radical (unpaired) electrons. The molecule has 1 unspecified atom stereocenters. The Hall–Kier alpha value is -3.23. The summed E-state index contributed by atoms with van der Waals surface area (Å²) in [6, 6.07) is 6.49. The molecule has 1 aromatic carbocycles. The van der Waals surface area contributed by atoms with Gasteiger partial charge in [-0.3, -0.25) is 19.4 Å². The van der Waals surface area contributed by atoms with Crippen LogP contribution in [-0.4, -0.2) is 83.7 Å². The van der Waals surface area contributed by atoms with Crippen molar-refractivity contribution in [1.82, 2.24) is 9.80 Å². The topological polar surface area (TPSA) is 85.5 Å². The molecule has 0 aromatic heterocycles. The lowest BCUT2D eigenvalue weighted by atomic mass is 9.91. The number of carbonyl (C=O) groups excluding carboxylic acids is 3. The molecule has 1 saturated heterocycles. The number of rotatable bonds is 4. The minimum atomic E-state index is -0.582. The number of fused-ring (bicyclic) bond motifs is 2. The minimum absolute atomic E-state index is 0.00771. The van der Waals surface area contributed by atoms with Crippen molar-refractivity contribution in [3.05, 3.63) is 24.3 Å². The second-order valence-corrected chi connectivity index (χ2v) is 8.72. The minimum Gasteiger partial charge on any atom is -0.486 e. The van der Waals surface area contributed by atoms with Gasteiger partial charge in [0.15, 0.2) is 5.78 Å². The smallest absolute Gasteiger partial charge is 0.397 e. The maximum atomic E-state index is 12.7. The van der Waals surface area contributed by atoms with Gasteiger partial charge in [0.05, 0.1) is 6.54 Å². The Labute approximate surface area is 175 Å². The molecule has 4 rings (SSSR count). The molecule has 9 heteroatoms. The van der Waals surface area contributed by atoms with E-state index in [4.69, 9.17) is 4.74 Å². The van der Waals surface area contributed by atoms with Crippen molar-refractivity contribution < 1.29 is 23.7 Å². The van der Waals surface area contributed by atoms with E-state index in [2.05, 4.69) is 4.99 Å². The third-order valence-electron chi connectivity index (χ3n) is 5.65. The number of amidine groups is 1. The predicted molar refractivity (Wildman–Crippen MR) is 111 cm³/mol. The van der Waals surface area contributed by atoms with E-state index in [1.807, 2.05) is 54.5 Å². The van der Waals surface area contributed by atoms with E-state index in [1.54, 1.807) is 7.05 Å². The number of carbonyl (C=O) groups is 3. The average molecular weight is 412 g/mol. The lowest BCUT2D eigenvalue weighted by Crippen LogP contribution is -2.61. The molecule has 3 amide bonds. The highest BCUT2D eigenvalue weighted by atomic mass is 16.5. The normalized spacial score (nSPS) is 21.2. The van der Waals surface area contributed by atoms with Crippen molar-refractivity contribution in [2.75, 3.05) is 38.7 Å². The molecule has 0 bridgehead atoms. The van der Waals surface area contributed by atoms with Gasteiger partial charge in [-0.25, -0.2) is 14.3 Å². The number of benzene rings is 1. The molecule has 3 aliphatic rings. The van der Waals surface area contributed by atoms with Crippen LogP contribution in [0, 0.1) is 5.41 Å². The first-order chi connectivity index (χ1) is 14.1. The number of amides is 3. The standard InChI is InChI=1S/C21H26N5O4/c1-21(2,3)15(27)12-30-14-8-6-7-13(11-14)25-9-10-26-16-17(22-19(25)26)23(4)20(29)24(5)18(16)28/h6-8,11,16H,9-10,12H2,1-5H3/q+1. The Balaban J connectivity index is 1.58. The maximum Gasteiger partial charge on any atom is 0.397 e. The van der Waals surface area contributed by atoms with Crippen molar-refractivity contribution in [2.45, 2.75) is 26.8 Å². The number of imide groups is 1. The largest absolute Gasteiger partial charge is 0.486 e. The summed E-state index contributed by atoms with van der Waals surface area (Å²) in [6.45, 7) is 6.87. The molecular weight excluding hydrogens is 386 g/mol. The summed E-state index contributed by atoms with van der Waals surface area (Å²) < 4.78 is 7.64. The Morgan fingerprint density at radius 3 is 2.67 bits per heavy atom. The maximum absolute atomic E-state index is 12.7. The van der Waals surface area contributed by atoms with Crippen LogP contribution >= 0.6 is 0 Å². The zero-order chi connectivity index (χ0) is 21.8. The molecule has 1 atom stereocenters. The number of ketones is 1. The molecule has 3 heterocycles. The first-order valence-corrected chi connectivity index (χ1v) is 9.90. The van der Waals surface area contributed by atoms with Crippen LogP contribution in [0.5, 0.6) is 5.75 Å². The number of ether oxygens (including phenoxy) is 1. The van der Waals surface area contributed by atoms with Gasteiger partial charge in [0, 0.05) is 25.6 Å². The highest BCUT2D eigenvalue weighted by Gasteiger charge is 2.54. The van der Waals surface area contributed by atoms with E-state index in [9.17, 15) is 14.4 Å². The Kier molecular flexibility index (Phi) is 4.63. The molecule has 0 N–H and O–H groups in total. The number of hydrogen-bond acceptors (Lipinski definition) is 6. The average Bonchev–Trinajstić information content (AvgIpc) is 3.27. The van der Waals surface area contributed by atoms with Gasteiger partial charge in [-0.15, -0.1) is 0 Å². The number of guanidine groups is 1. The second-order valence-electron chi connectivity index (χ2n) is 8.72. The Bertz CT molecular complexity index is 1010. The summed E-state index contributed by atoms with van der Waals surface area (Å²) in [7, 11) is 3.12. The molecule has 0 spiro atoms. The molecular formula is C21H26N5O4+. The van der Waals surface area contributed by atoms with Gasteiger partial charge in [-0.05, 0) is 12.1 Å². The number of Topliss-reactive ketones (excluding diaryl/α,β-unsaturated/α-hetero) is 1. The quantitative estimate of drug-likeness (QED) is 0.693. The fourth-order valence-corrected chi connectivity index (χ4v) is 3.69. The van der Waals surface area contributed by atoms with Crippen LogP contribution in [0.25, 0.3) is 0 Å². The van der Waals surface area contributed by atoms with Crippen molar-refractivity contribution in [3.8, 4) is 5.75 Å². The third-order valence-corrected chi connectivity index (χ3v) is 5.65. The van der Waals surface area contributed by atoms with Crippen LogP contribution in [0.2, 0.25) is 0 Å². The van der Waals surface area contributed by atoms with Crippen molar-refractivity contribution in [1.29, 1.82) is 0 Å². The van der Waals surface area contributed by atoms with Crippen molar-refractivity contribution >= 4 is 35.2 Å². The molecule has 30 heavy (non-hydrogen) atoms. The molecule has 158 valence electrons. The van der Waals surface area contributed by atoms with E-state index >= 15 is 0 Å². The van der Waals surface area contributed by atoms with Crippen molar-refractivity contribution in [3.63, 3.8) is 0 Å². The summed E-state index contributed by atoms with van der Waals surface area (Å²) in [5.41, 5.74) is 0.397. The summed E-state index contributed by atoms with van der Waals surface area (Å²) >= 11 is 0. The molecule has 0 saturated carbocycles.